The number of hydrogen-bond acceptors (Lipinski definition) is 4. The summed E-state index contributed by atoms with van der Waals surface area (Å²) < 4.78 is 5.42. The van der Waals surface area contributed by atoms with Gasteiger partial charge in [0.2, 0.25) is 0 Å². The van der Waals surface area contributed by atoms with Crippen LogP contribution in [0.2, 0.25) is 0 Å². The quantitative estimate of drug-likeness (QED) is 0.591. The number of nitrogens with one attached hydrogen (secondary N) is 1. The molecule has 0 aliphatic rings. The van der Waals surface area contributed by atoms with Gasteiger partial charge in [-0.05, 0) is 31.2 Å². The van der Waals surface area contributed by atoms with Crippen LogP contribution in [0.15, 0.2) is 30.5 Å². The summed E-state index contributed by atoms with van der Waals surface area (Å²) in [4.78, 5) is 4.24. The lowest BCUT2D eigenvalue weighted by Crippen LogP contribution is -2.07. The number of benzene rings is 1. The van der Waals surface area contributed by atoms with Crippen molar-refractivity contribution >= 4 is 16.6 Å². The fourth-order valence-corrected chi connectivity index (χ4v) is 1.51. The van der Waals surface area contributed by atoms with Gasteiger partial charge in [0.1, 0.15) is 5.75 Å². The van der Waals surface area contributed by atoms with Gasteiger partial charge < -0.3 is 10.2 Å². The average Bonchev–Trinajstić information content (AvgIpc) is 2.28. The van der Waals surface area contributed by atoms with Crippen molar-refractivity contribution in [1.29, 1.82) is 0 Å². The second-order valence-corrected chi connectivity index (χ2v) is 3.11. The number of nitrogen functional groups attached to an aromatic ring is 1. The third-order valence-electron chi connectivity index (χ3n) is 2.18. The molecule has 78 valence electrons. The largest absolute Gasteiger partial charge is 0.494 e. The van der Waals surface area contributed by atoms with Crippen molar-refractivity contribution in [3.8, 4) is 5.75 Å². The second-order valence-electron chi connectivity index (χ2n) is 3.11. The van der Waals surface area contributed by atoms with E-state index in [1.807, 2.05) is 31.2 Å². The summed E-state index contributed by atoms with van der Waals surface area (Å²) in [5.74, 6) is 6.25. The van der Waals surface area contributed by atoms with E-state index >= 15 is 0 Å². The number of hydrazine groups is 1. The SMILES string of the molecule is CCOc1ccc2nccc(NN)c2c1. The van der Waals surface area contributed by atoms with Crippen LogP contribution in [-0.4, -0.2) is 11.6 Å². The Morgan fingerprint density at radius 1 is 1.40 bits per heavy atom. The van der Waals surface area contributed by atoms with Gasteiger partial charge in [-0.15, -0.1) is 0 Å². The summed E-state index contributed by atoms with van der Waals surface area (Å²) in [5.41, 5.74) is 4.39. The highest BCUT2D eigenvalue weighted by Crippen LogP contribution is 2.25. The molecule has 2 rings (SSSR count). The van der Waals surface area contributed by atoms with Crippen LogP contribution < -0.4 is 16.0 Å². The first-order chi connectivity index (χ1) is 7.35. The van der Waals surface area contributed by atoms with Gasteiger partial charge in [0.15, 0.2) is 0 Å². The summed E-state index contributed by atoms with van der Waals surface area (Å²) in [6.45, 7) is 2.60. The van der Waals surface area contributed by atoms with Crippen molar-refractivity contribution in [2.45, 2.75) is 6.92 Å². The Bertz CT molecular complexity index is 470. The minimum absolute atomic E-state index is 0.650. The molecule has 0 bridgehead atoms. The molecule has 3 N–H and O–H groups in total. The first-order valence-corrected chi connectivity index (χ1v) is 4.83. The van der Waals surface area contributed by atoms with Crippen LogP contribution in [0.25, 0.3) is 10.9 Å². The minimum Gasteiger partial charge on any atom is -0.494 e. The average molecular weight is 203 g/mol. The molecule has 2 aromatic rings. The van der Waals surface area contributed by atoms with E-state index in [-0.39, 0.29) is 0 Å². The predicted octanol–water partition coefficient (Wildman–Crippen LogP) is 1.92. The maximum Gasteiger partial charge on any atom is 0.120 e. The molecule has 0 amide bonds. The maximum absolute atomic E-state index is 5.42. The maximum atomic E-state index is 5.42. The first-order valence-electron chi connectivity index (χ1n) is 4.83. The Kier molecular flexibility index (Phi) is 2.69. The number of fused-ring (bicyclic) bond motifs is 1. The molecule has 1 heterocycles. The molecule has 4 nitrogen and oxygen atoms in total. The zero-order valence-electron chi connectivity index (χ0n) is 8.53. The number of ether oxygens (including phenoxy) is 1. The zero-order chi connectivity index (χ0) is 10.7. The standard InChI is InChI=1S/C11H13N3O/c1-2-15-8-3-4-10-9(7-8)11(14-12)5-6-13-10/h3-7H,2,12H2,1H3,(H,13,14). The normalized spacial score (nSPS) is 10.3. The molecule has 1 aromatic carbocycles. The molecule has 0 radical (unpaired) electrons. The van der Waals surface area contributed by atoms with Gasteiger partial charge in [0, 0.05) is 11.6 Å². The van der Waals surface area contributed by atoms with Crippen molar-refractivity contribution in [1.82, 2.24) is 4.98 Å². The molecular weight excluding hydrogens is 190 g/mol. The summed E-state index contributed by atoms with van der Waals surface area (Å²) in [7, 11) is 0. The van der Waals surface area contributed by atoms with E-state index in [0.29, 0.717) is 6.61 Å². The van der Waals surface area contributed by atoms with Gasteiger partial charge in [0.05, 0.1) is 17.8 Å². The van der Waals surface area contributed by atoms with Crippen LogP contribution in [0.3, 0.4) is 0 Å². The third kappa shape index (κ3) is 1.85. The minimum atomic E-state index is 0.650. The summed E-state index contributed by atoms with van der Waals surface area (Å²) in [5, 5.41) is 0.964. The predicted molar refractivity (Wildman–Crippen MR) is 60.7 cm³/mol. The highest BCUT2D eigenvalue weighted by molar-refractivity contribution is 5.91. The number of rotatable bonds is 3. The number of hydrogen-bond donors (Lipinski definition) is 2. The second kappa shape index (κ2) is 4.14. The number of nitrogens with zero attached hydrogens (tertiary/aromatic N) is 1. The van der Waals surface area contributed by atoms with Crippen molar-refractivity contribution in [3.05, 3.63) is 30.5 Å². The van der Waals surface area contributed by atoms with E-state index in [4.69, 9.17) is 10.6 Å². The van der Waals surface area contributed by atoms with Crippen LogP contribution in [-0.2, 0) is 0 Å². The Hall–Kier alpha value is -1.81. The van der Waals surface area contributed by atoms with Crippen molar-refractivity contribution in [3.63, 3.8) is 0 Å². The smallest absolute Gasteiger partial charge is 0.120 e. The van der Waals surface area contributed by atoms with E-state index < -0.39 is 0 Å². The van der Waals surface area contributed by atoms with E-state index in [0.717, 1.165) is 22.3 Å². The molecule has 0 fully saturated rings. The van der Waals surface area contributed by atoms with Gasteiger partial charge in [0.25, 0.3) is 0 Å². The van der Waals surface area contributed by atoms with Crippen LogP contribution in [0.5, 0.6) is 5.75 Å². The fraction of sp³-hybridized carbons (Fsp3) is 0.182. The topological polar surface area (TPSA) is 60.2 Å². The molecule has 0 atom stereocenters. The van der Waals surface area contributed by atoms with Crippen molar-refractivity contribution < 1.29 is 4.74 Å². The number of pyridine rings is 1. The van der Waals surface area contributed by atoms with E-state index in [1.165, 1.54) is 0 Å². The lowest BCUT2D eigenvalue weighted by molar-refractivity contribution is 0.340. The first kappa shape index (κ1) is 9.73. The van der Waals surface area contributed by atoms with Gasteiger partial charge in [-0.3, -0.25) is 10.8 Å². The molecule has 0 saturated carbocycles. The van der Waals surface area contributed by atoms with Crippen LogP contribution in [0.4, 0.5) is 5.69 Å². The number of aromatic nitrogens is 1. The molecule has 1 aromatic heterocycles. The van der Waals surface area contributed by atoms with E-state index in [2.05, 4.69) is 10.4 Å². The number of nitrogens with two attached hydrogens (primary N) is 1. The zero-order valence-corrected chi connectivity index (χ0v) is 8.53. The molecule has 15 heavy (non-hydrogen) atoms. The van der Waals surface area contributed by atoms with Crippen LogP contribution in [0, 0.1) is 0 Å². The molecule has 4 heteroatoms. The Labute approximate surface area is 88.0 Å². The molecule has 0 saturated heterocycles. The Morgan fingerprint density at radius 3 is 3.00 bits per heavy atom. The molecular formula is C11H13N3O. The van der Waals surface area contributed by atoms with Crippen LogP contribution >= 0.6 is 0 Å². The molecule has 0 spiro atoms. The van der Waals surface area contributed by atoms with Gasteiger partial charge in [-0.1, -0.05) is 0 Å². The Balaban J connectivity index is 2.57. The summed E-state index contributed by atoms with van der Waals surface area (Å²) >= 11 is 0. The Morgan fingerprint density at radius 2 is 2.27 bits per heavy atom. The van der Waals surface area contributed by atoms with E-state index in [9.17, 15) is 0 Å². The molecule has 0 aliphatic carbocycles. The van der Waals surface area contributed by atoms with Gasteiger partial charge in [-0.2, -0.15) is 0 Å². The lowest BCUT2D eigenvalue weighted by Gasteiger charge is -2.07. The van der Waals surface area contributed by atoms with Crippen molar-refractivity contribution in [2.24, 2.45) is 5.84 Å². The van der Waals surface area contributed by atoms with Gasteiger partial charge >= 0.3 is 0 Å². The number of anilines is 1. The van der Waals surface area contributed by atoms with E-state index in [1.54, 1.807) is 6.20 Å². The summed E-state index contributed by atoms with van der Waals surface area (Å²) in [6.07, 6.45) is 1.72. The fourth-order valence-electron chi connectivity index (χ4n) is 1.51. The summed E-state index contributed by atoms with van der Waals surface area (Å²) in [6, 6.07) is 7.58. The van der Waals surface area contributed by atoms with Crippen molar-refractivity contribution in [2.75, 3.05) is 12.0 Å². The third-order valence-corrected chi connectivity index (χ3v) is 2.18. The van der Waals surface area contributed by atoms with Gasteiger partial charge in [-0.25, -0.2) is 0 Å². The highest BCUT2D eigenvalue weighted by Gasteiger charge is 2.02. The molecule has 0 aliphatic heterocycles. The highest BCUT2D eigenvalue weighted by atomic mass is 16.5. The van der Waals surface area contributed by atoms with Crippen LogP contribution in [0.1, 0.15) is 6.92 Å². The lowest BCUT2D eigenvalue weighted by atomic mass is 10.2. The molecule has 0 unspecified atom stereocenters. The monoisotopic (exact) mass is 203 g/mol.